The van der Waals surface area contributed by atoms with E-state index < -0.39 is 53.8 Å². The summed E-state index contributed by atoms with van der Waals surface area (Å²) in [6, 6.07) is -4.07. The highest BCUT2D eigenvalue weighted by atomic mass is 16.4. The van der Waals surface area contributed by atoms with Crippen LogP contribution in [0.15, 0.2) is 0 Å². The second kappa shape index (κ2) is 14.5. The highest BCUT2D eigenvalue weighted by Gasteiger charge is 2.40. The molecule has 0 spiro atoms. The molecule has 0 aromatic rings. The summed E-state index contributed by atoms with van der Waals surface area (Å²) in [5.41, 5.74) is 11.3. The van der Waals surface area contributed by atoms with Crippen LogP contribution in [0.1, 0.15) is 65.2 Å². The average Bonchev–Trinajstić information content (AvgIpc) is 3.29. The van der Waals surface area contributed by atoms with Gasteiger partial charge in [0, 0.05) is 13.0 Å². The van der Waals surface area contributed by atoms with E-state index in [-0.39, 0.29) is 25.3 Å². The van der Waals surface area contributed by atoms with Crippen molar-refractivity contribution in [1.82, 2.24) is 15.5 Å². The maximum Gasteiger partial charge on any atom is 0.326 e. The third-order valence-corrected chi connectivity index (χ3v) is 6.18. The van der Waals surface area contributed by atoms with Crippen LogP contribution in [0.3, 0.4) is 0 Å². The molecule has 0 radical (unpaired) electrons. The van der Waals surface area contributed by atoms with Gasteiger partial charge in [-0.05, 0) is 44.6 Å². The number of nitrogens with zero attached hydrogens (tertiary/aromatic N) is 1. The van der Waals surface area contributed by atoms with Crippen molar-refractivity contribution >= 4 is 29.7 Å². The fourth-order valence-corrected chi connectivity index (χ4v) is 3.86. The molecule has 1 rings (SSSR count). The molecule has 1 aliphatic heterocycles. The lowest BCUT2D eigenvalue weighted by atomic mass is 9.96. The molecule has 34 heavy (non-hydrogen) atoms. The number of likely N-dealkylation sites (tertiary alicyclic amines) is 1. The van der Waals surface area contributed by atoms with Gasteiger partial charge in [-0.15, -0.1) is 0 Å². The van der Waals surface area contributed by atoms with E-state index in [1.54, 1.807) is 6.92 Å². The van der Waals surface area contributed by atoms with Crippen molar-refractivity contribution in [1.29, 1.82) is 0 Å². The van der Waals surface area contributed by atoms with Crippen molar-refractivity contribution in [2.75, 3.05) is 13.1 Å². The van der Waals surface area contributed by atoms with Crippen LogP contribution in [-0.4, -0.2) is 82.0 Å². The summed E-state index contributed by atoms with van der Waals surface area (Å²) in [5, 5.41) is 23.6. The van der Waals surface area contributed by atoms with Gasteiger partial charge in [0.05, 0.1) is 6.04 Å². The molecule has 1 fully saturated rings. The lowest BCUT2D eigenvalue weighted by Gasteiger charge is -2.31. The lowest BCUT2D eigenvalue weighted by Crippen LogP contribution is -2.58. The first-order chi connectivity index (χ1) is 16.0. The van der Waals surface area contributed by atoms with E-state index in [0.717, 1.165) is 0 Å². The number of hydrogen-bond donors (Lipinski definition) is 6. The van der Waals surface area contributed by atoms with Gasteiger partial charge in [0.1, 0.15) is 18.1 Å². The van der Waals surface area contributed by atoms with E-state index in [0.29, 0.717) is 45.1 Å². The highest BCUT2D eigenvalue weighted by Crippen LogP contribution is 2.21. The minimum absolute atomic E-state index is 0.189. The van der Waals surface area contributed by atoms with Gasteiger partial charge in [-0.25, -0.2) is 4.79 Å². The Morgan fingerprint density at radius 3 is 2.29 bits per heavy atom. The standard InChI is InChI=1S/C22H39N5O7/c1-3-13(2)18(21(32)27-12-6-8-16(27)22(33)34)26-20(31)15(9-10-17(28)29)25-19(30)14(24)7-4-5-11-23/h13-16,18H,3-12,23-24H2,1-2H3,(H,25,30)(H,26,31)(H,28,29)(H,33,34). The summed E-state index contributed by atoms with van der Waals surface area (Å²) >= 11 is 0. The number of unbranched alkanes of at least 4 members (excludes halogenated alkanes) is 1. The third kappa shape index (κ3) is 8.90. The van der Waals surface area contributed by atoms with E-state index in [4.69, 9.17) is 16.6 Å². The Hall–Kier alpha value is -2.73. The van der Waals surface area contributed by atoms with Crippen molar-refractivity contribution < 1.29 is 34.2 Å². The van der Waals surface area contributed by atoms with Gasteiger partial charge in [0.2, 0.25) is 17.7 Å². The van der Waals surface area contributed by atoms with E-state index in [9.17, 15) is 29.1 Å². The zero-order chi connectivity index (χ0) is 25.8. The molecule has 194 valence electrons. The predicted octanol–water partition coefficient (Wildman–Crippen LogP) is -0.601. The molecule has 5 atom stereocenters. The summed E-state index contributed by atoms with van der Waals surface area (Å²) in [6.45, 7) is 4.32. The zero-order valence-electron chi connectivity index (χ0n) is 20.0. The molecule has 0 aromatic heterocycles. The number of carboxylic acid groups (broad SMARTS) is 2. The van der Waals surface area contributed by atoms with Crippen molar-refractivity contribution in [2.45, 2.75) is 89.4 Å². The molecule has 5 unspecified atom stereocenters. The Morgan fingerprint density at radius 2 is 1.74 bits per heavy atom. The lowest BCUT2D eigenvalue weighted by molar-refractivity contribution is -0.150. The van der Waals surface area contributed by atoms with Crippen LogP contribution in [0.5, 0.6) is 0 Å². The molecular weight excluding hydrogens is 446 g/mol. The Balaban J connectivity index is 2.99. The number of carboxylic acids is 2. The smallest absolute Gasteiger partial charge is 0.326 e. The maximum absolute atomic E-state index is 13.2. The summed E-state index contributed by atoms with van der Waals surface area (Å²) in [6.07, 6.45) is 2.51. The maximum atomic E-state index is 13.2. The number of nitrogens with one attached hydrogen (secondary N) is 2. The molecule has 0 aromatic carbocycles. The molecule has 1 aliphatic rings. The van der Waals surface area contributed by atoms with E-state index in [1.807, 2.05) is 6.92 Å². The van der Waals surface area contributed by atoms with Gasteiger partial charge in [0.25, 0.3) is 0 Å². The molecule has 12 heteroatoms. The number of aliphatic carboxylic acids is 2. The monoisotopic (exact) mass is 485 g/mol. The van der Waals surface area contributed by atoms with Crippen LogP contribution < -0.4 is 22.1 Å². The predicted molar refractivity (Wildman–Crippen MR) is 123 cm³/mol. The topological polar surface area (TPSA) is 205 Å². The van der Waals surface area contributed by atoms with Gasteiger partial charge in [0.15, 0.2) is 0 Å². The van der Waals surface area contributed by atoms with E-state index >= 15 is 0 Å². The minimum Gasteiger partial charge on any atom is -0.481 e. The fourth-order valence-electron chi connectivity index (χ4n) is 3.86. The average molecular weight is 486 g/mol. The normalized spacial score (nSPS) is 19.1. The van der Waals surface area contributed by atoms with Crippen molar-refractivity contribution in [2.24, 2.45) is 17.4 Å². The number of carbonyl (C=O) groups is 5. The number of rotatable bonds is 15. The largest absolute Gasteiger partial charge is 0.481 e. The van der Waals surface area contributed by atoms with Crippen molar-refractivity contribution in [3.63, 3.8) is 0 Å². The summed E-state index contributed by atoms with van der Waals surface area (Å²) in [5.74, 6) is -4.38. The summed E-state index contributed by atoms with van der Waals surface area (Å²) in [7, 11) is 0. The van der Waals surface area contributed by atoms with E-state index in [2.05, 4.69) is 10.6 Å². The van der Waals surface area contributed by atoms with Gasteiger partial charge in [-0.2, -0.15) is 0 Å². The first kappa shape index (κ1) is 29.3. The SMILES string of the molecule is CCC(C)C(NC(=O)C(CCC(=O)O)NC(=O)C(N)CCCCN)C(=O)N1CCCC1C(=O)O. The fraction of sp³-hybridized carbons (Fsp3) is 0.773. The summed E-state index contributed by atoms with van der Waals surface area (Å²) < 4.78 is 0. The Labute approximate surface area is 199 Å². The Morgan fingerprint density at radius 1 is 1.06 bits per heavy atom. The van der Waals surface area contributed by atoms with Crippen LogP contribution in [0.25, 0.3) is 0 Å². The number of nitrogens with two attached hydrogens (primary N) is 2. The minimum atomic E-state index is -1.21. The quantitative estimate of drug-likeness (QED) is 0.163. The second-order valence-electron chi connectivity index (χ2n) is 8.78. The molecule has 12 nitrogen and oxygen atoms in total. The molecule has 3 amide bonds. The third-order valence-electron chi connectivity index (χ3n) is 6.18. The van der Waals surface area contributed by atoms with Crippen LogP contribution in [0, 0.1) is 5.92 Å². The molecule has 0 aliphatic carbocycles. The first-order valence-electron chi connectivity index (χ1n) is 11.8. The second-order valence-corrected chi connectivity index (χ2v) is 8.78. The van der Waals surface area contributed by atoms with Crippen LogP contribution in [-0.2, 0) is 24.0 Å². The molecule has 0 bridgehead atoms. The molecule has 1 heterocycles. The van der Waals surface area contributed by atoms with Gasteiger partial charge >= 0.3 is 11.9 Å². The van der Waals surface area contributed by atoms with Crippen LogP contribution in [0.4, 0.5) is 0 Å². The van der Waals surface area contributed by atoms with Crippen LogP contribution >= 0.6 is 0 Å². The Bertz CT molecular complexity index is 732. The van der Waals surface area contributed by atoms with Crippen molar-refractivity contribution in [3.05, 3.63) is 0 Å². The van der Waals surface area contributed by atoms with Crippen LogP contribution in [0.2, 0.25) is 0 Å². The van der Waals surface area contributed by atoms with Crippen molar-refractivity contribution in [3.8, 4) is 0 Å². The molecular formula is C22H39N5O7. The molecule has 0 saturated carbocycles. The number of amides is 3. The van der Waals surface area contributed by atoms with E-state index in [1.165, 1.54) is 4.90 Å². The summed E-state index contributed by atoms with van der Waals surface area (Å²) in [4.78, 5) is 62.7. The van der Waals surface area contributed by atoms with Gasteiger partial charge in [-0.1, -0.05) is 26.7 Å². The van der Waals surface area contributed by atoms with Gasteiger partial charge in [-0.3, -0.25) is 19.2 Å². The number of carbonyl (C=O) groups excluding carboxylic acids is 3. The first-order valence-corrected chi connectivity index (χ1v) is 11.8. The Kier molecular flexibility index (Phi) is 12.5. The zero-order valence-corrected chi connectivity index (χ0v) is 20.0. The highest BCUT2D eigenvalue weighted by molar-refractivity contribution is 5.94. The number of hydrogen-bond acceptors (Lipinski definition) is 7. The molecule has 1 saturated heterocycles. The van der Waals surface area contributed by atoms with Gasteiger partial charge < -0.3 is 37.2 Å². The molecule has 8 N–H and O–H groups in total.